The van der Waals surface area contributed by atoms with Crippen molar-refractivity contribution >= 4 is 34.7 Å². The van der Waals surface area contributed by atoms with Crippen molar-refractivity contribution in [2.75, 3.05) is 13.2 Å². The number of rotatable bonds is 7. The van der Waals surface area contributed by atoms with E-state index in [4.69, 9.17) is 9.47 Å². The quantitative estimate of drug-likeness (QED) is 0.497. The van der Waals surface area contributed by atoms with Crippen LogP contribution >= 0.6 is 22.7 Å². The highest BCUT2D eigenvalue weighted by atomic mass is 32.1. The van der Waals surface area contributed by atoms with Crippen LogP contribution in [0.4, 0.5) is 0 Å². The normalized spacial score (nSPS) is 16.0. The van der Waals surface area contributed by atoms with Crippen LogP contribution in [0.2, 0.25) is 0 Å². The molecule has 1 aliphatic rings. The van der Waals surface area contributed by atoms with Gasteiger partial charge in [-0.15, -0.1) is 11.3 Å². The first-order valence-electron chi connectivity index (χ1n) is 10.5. The third-order valence-corrected chi connectivity index (χ3v) is 6.89. The van der Waals surface area contributed by atoms with E-state index < -0.39 is 12.0 Å². The summed E-state index contributed by atoms with van der Waals surface area (Å²) < 4.78 is 13.1. The van der Waals surface area contributed by atoms with Crippen LogP contribution in [0, 0.1) is 0 Å². The van der Waals surface area contributed by atoms with E-state index >= 15 is 0 Å². The minimum Gasteiger partial charge on any atom is -0.494 e. The zero-order valence-corrected chi connectivity index (χ0v) is 19.8. The molecule has 1 atom stereocenters. The zero-order chi connectivity index (χ0) is 22.7. The topological polar surface area (TPSA) is 69.9 Å². The van der Waals surface area contributed by atoms with Crippen LogP contribution in [0.15, 0.2) is 62.8 Å². The Labute approximate surface area is 193 Å². The molecule has 4 rings (SSSR count). The van der Waals surface area contributed by atoms with Crippen LogP contribution in [0.3, 0.4) is 0 Å². The van der Waals surface area contributed by atoms with Crippen molar-refractivity contribution in [3.63, 3.8) is 0 Å². The molecule has 1 aliphatic heterocycles. The third kappa shape index (κ3) is 4.33. The molecule has 0 radical (unpaired) electrons. The summed E-state index contributed by atoms with van der Waals surface area (Å²) >= 11 is 2.82. The lowest BCUT2D eigenvalue weighted by Gasteiger charge is -2.23. The molecule has 166 valence electrons. The van der Waals surface area contributed by atoms with Gasteiger partial charge in [-0.3, -0.25) is 9.36 Å². The predicted molar refractivity (Wildman–Crippen MR) is 127 cm³/mol. The number of esters is 1. The van der Waals surface area contributed by atoms with E-state index in [-0.39, 0.29) is 12.2 Å². The fourth-order valence-electron chi connectivity index (χ4n) is 3.54. The highest BCUT2D eigenvalue weighted by Crippen LogP contribution is 2.33. The molecule has 0 fully saturated rings. The Morgan fingerprint density at radius 1 is 1.22 bits per heavy atom. The molecular formula is C24H24N2O4S2. The van der Waals surface area contributed by atoms with E-state index in [0.717, 1.165) is 22.6 Å². The molecular weight excluding hydrogens is 444 g/mol. The monoisotopic (exact) mass is 468 g/mol. The number of hydrogen-bond donors (Lipinski definition) is 0. The van der Waals surface area contributed by atoms with Gasteiger partial charge in [-0.1, -0.05) is 36.5 Å². The van der Waals surface area contributed by atoms with Gasteiger partial charge in [0.15, 0.2) is 4.80 Å². The molecule has 0 amide bonds. The Bertz CT molecular complexity index is 1320. The van der Waals surface area contributed by atoms with E-state index in [9.17, 15) is 9.59 Å². The van der Waals surface area contributed by atoms with Crippen molar-refractivity contribution < 1.29 is 14.3 Å². The largest absolute Gasteiger partial charge is 0.494 e. The van der Waals surface area contributed by atoms with Crippen LogP contribution in [0.5, 0.6) is 5.75 Å². The second-order valence-corrected chi connectivity index (χ2v) is 9.22. The molecule has 3 aromatic rings. The number of ether oxygens (including phenoxy) is 2. The molecule has 0 bridgehead atoms. The van der Waals surface area contributed by atoms with E-state index in [0.29, 0.717) is 27.2 Å². The van der Waals surface area contributed by atoms with Crippen LogP contribution in [-0.2, 0) is 9.53 Å². The number of benzene rings is 1. The summed E-state index contributed by atoms with van der Waals surface area (Å²) in [6.07, 6.45) is 2.80. The summed E-state index contributed by atoms with van der Waals surface area (Å²) in [5, 5.41) is 1.94. The number of nitrogens with zero attached hydrogens (tertiary/aromatic N) is 2. The number of carbonyl (C=O) groups is 1. The SMILES string of the molecule is CCCOc1ccc(/C=c2\sc3n(c2=O)[C@H](c2cccs2)C(C(=O)OCC)=C(C)N=3)cc1. The van der Waals surface area contributed by atoms with E-state index in [1.807, 2.05) is 47.9 Å². The molecule has 3 heterocycles. The minimum absolute atomic E-state index is 0.173. The molecule has 0 N–H and O–H groups in total. The maximum atomic E-state index is 13.5. The van der Waals surface area contributed by atoms with Crippen molar-refractivity contribution in [1.82, 2.24) is 4.57 Å². The number of aromatic nitrogens is 1. The van der Waals surface area contributed by atoms with Gasteiger partial charge in [-0.25, -0.2) is 9.79 Å². The number of thiophene rings is 1. The summed E-state index contributed by atoms with van der Waals surface area (Å²) in [7, 11) is 0. The molecule has 0 unspecified atom stereocenters. The molecule has 2 aromatic heterocycles. The standard InChI is InChI=1S/C24H24N2O4S2/c1-4-12-30-17-10-8-16(9-11-17)14-19-22(27)26-21(18-7-6-13-31-18)20(23(28)29-5-2)15(3)25-24(26)32-19/h6-11,13-14,21H,4-5,12H2,1-3H3/b19-14-/t21-/m1/s1. The Balaban J connectivity index is 1.81. The van der Waals surface area contributed by atoms with E-state index in [1.165, 1.54) is 22.7 Å². The number of fused-ring (bicyclic) bond motifs is 1. The second-order valence-electron chi connectivity index (χ2n) is 7.24. The number of hydrogen-bond acceptors (Lipinski definition) is 7. The van der Waals surface area contributed by atoms with Crippen LogP contribution in [0.1, 0.15) is 43.7 Å². The average molecular weight is 469 g/mol. The lowest BCUT2D eigenvalue weighted by atomic mass is 10.0. The summed E-state index contributed by atoms with van der Waals surface area (Å²) in [4.78, 5) is 32.3. The van der Waals surface area contributed by atoms with Gasteiger partial charge in [0.25, 0.3) is 5.56 Å². The molecule has 0 saturated carbocycles. The smallest absolute Gasteiger partial charge is 0.338 e. The van der Waals surface area contributed by atoms with Crippen molar-refractivity contribution in [1.29, 1.82) is 0 Å². The van der Waals surface area contributed by atoms with Gasteiger partial charge in [0, 0.05) is 4.88 Å². The number of carbonyl (C=O) groups excluding carboxylic acids is 1. The van der Waals surface area contributed by atoms with Gasteiger partial charge in [-0.05, 0) is 55.5 Å². The summed E-state index contributed by atoms with van der Waals surface area (Å²) in [5.41, 5.74) is 1.71. The van der Waals surface area contributed by atoms with Crippen LogP contribution < -0.4 is 19.6 Å². The van der Waals surface area contributed by atoms with Gasteiger partial charge < -0.3 is 9.47 Å². The van der Waals surface area contributed by atoms with Crippen molar-refractivity contribution in [3.8, 4) is 5.75 Å². The maximum Gasteiger partial charge on any atom is 0.338 e. The number of thiazole rings is 1. The molecule has 0 aliphatic carbocycles. The highest BCUT2D eigenvalue weighted by molar-refractivity contribution is 7.10. The first kappa shape index (κ1) is 22.2. The van der Waals surface area contributed by atoms with E-state index in [2.05, 4.69) is 11.9 Å². The summed E-state index contributed by atoms with van der Waals surface area (Å²) in [6, 6.07) is 10.9. The van der Waals surface area contributed by atoms with Crippen molar-refractivity contribution in [2.24, 2.45) is 4.99 Å². The zero-order valence-electron chi connectivity index (χ0n) is 18.2. The molecule has 0 saturated heterocycles. The van der Waals surface area contributed by atoms with Crippen LogP contribution in [-0.4, -0.2) is 23.8 Å². The Kier molecular flexibility index (Phi) is 6.72. The lowest BCUT2D eigenvalue weighted by molar-refractivity contribution is -0.139. The Morgan fingerprint density at radius 3 is 2.66 bits per heavy atom. The average Bonchev–Trinajstić information content (AvgIpc) is 3.41. The molecule has 0 spiro atoms. The van der Waals surface area contributed by atoms with Gasteiger partial charge in [0.2, 0.25) is 0 Å². The summed E-state index contributed by atoms with van der Waals surface area (Å²) in [5.74, 6) is 0.363. The van der Waals surface area contributed by atoms with Gasteiger partial charge in [0.05, 0.1) is 29.0 Å². The maximum absolute atomic E-state index is 13.5. The fourth-order valence-corrected chi connectivity index (χ4v) is 5.41. The van der Waals surface area contributed by atoms with Crippen molar-refractivity contribution in [3.05, 3.63) is 83.2 Å². The second kappa shape index (κ2) is 9.67. The Hall–Kier alpha value is -2.97. The fraction of sp³-hybridized carbons (Fsp3) is 0.292. The van der Waals surface area contributed by atoms with Gasteiger partial charge in [0.1, 0.15) is 11.8 Å². The predicted octanol–water partition coefficient (Wildman–Crippen LogP) is 3.65. The first-order valence-corrected chi connectivity index (χ1v) is 12.2. The molecule has 8 heteroatoms. The third-order valence-electron chi connectivity index (χ3n) is 4.98. The molecule has 32 heavy (non-hydrogen) atoms. The minimum atomic E-state index is -0.544. The number of allylic oxidation sites excluding steroid dienone is 1. The summed E-state index contributed by atoms with van der Waals surface area (Å²) in [6.45, 7) is 6.55. The van der Waals surface area contributed by atoms with E-state index in [1.54, 1.807) is 18.4 Å². The molecule has 6 nitrogen and oxygen atoms in total. The highest BCUT2D eigenvalue weighted by Gasteiger charge is 2.33. The van der Waals surface area contributed by atoms with Crippen molar-refractivity contribution in [2.45, 2.75) is 33.2 Å². The van der Waals surface area contributed by atoms with Crippen LogP contribution in [0.25, 0.3) is 6.08 Å². The van der Waals surface area contributed by atoms with Gasteiger partial charge in [-0.2, -0.15) is 0 Å². The lowest BCUT2D eigenvalue weighted by Crippen LogP contribution is -2.39. The van der Waals surface area contributed by atoms with Gasteiger partial charge >= 0.3 is 5.97 Å². The first-order chi connectivity index (χ1) is 15.5. The Morgan fingerprint density at radius 2 is 2.00 bits per heavy atom. The molecule has 1 aromatic carbocycles.